The molecule has 0 aliphatic carbocycles. The van der Waals surface area contributed by atoms with Gasteiger partial charge in [-0.25, -0.2) is 0 Å². The molecule has 19 heavy (non-hydrogen) atoms. The van der Waals surface area contributed by atoms with Crippen LogP contribution in [0.2, 0.25) is 0 Å². The van der Waals surface area contributed by atoms with Crippen molar-refractivity contribution < 1.29 is 9.53 Å². The lowest BCUT2D eigenvalue weighted by molar-refractivity contribution is 0.00705. The van der Waals surface area contributed by atoms with Gasteiger partial charge in [-0.3, -0.25) is 9.59 Å². The summed E-state index contributed by atoms with van der Waals surface area (Å²) >= 11 is 0. The second-order valence-electron chi connectivity index (χ2n) is 4.93. The predicted molar refractivity (Wildman–Crippen MR) is 72.2 cm³/mol. The highest BCUT2D eigenvalue weighted by atomic mass is 16.5. The highest BCUT2D eigenvalue weighted by molar-refractivity contribution is 5.91. The van der Waals surface area contributed by atoms with Gasteiger partial charge < -0.3 is 14.6 Å². The molecule has 1 aromatic rings. The zero-order valence-corrected chi connectivity index (χ0v) is 11.2. The van der Waals surface area contributed by atoms with Gasteiger partial charge in [0, 0.05) is 26.3 Å². The zero-order valence-electron chi connectivity index (χ0n) is 11.2. The van der Waals surface area contributed by atoms with Gasteiger partial charge in [0.05, 0.1) is 6.10 Å². The second-order valence-corrected chi connectivity index (χ2v) is 4.93. The van der Waals surface area contributed by atoms with E-state index in [0.717, 1.165) is 25.9 Å². The number of pyridine rings is 1. The van der Waals surface area contributed by atoms with Crippen LogP contribution in [0, 0.1) is 0 Å². The number of carbonyl (C=O) groups excluding carboxylic acids is 1. The van der Waals surface area contributed by atoms with Crippen LogP contribution in [-0.2, 0) is 4.74 Å². The lowest BCUT2D eigenvalue weighted by Gasteiger charge is -2.25. The van der Waals surface area contributed by atoms with Gasteiger partial charge in [0.1, 0.15) is 5.69 Å². The third kappa shape index (κ3) is 3.92. The number of hydrogen-bond acceptors (Lipinski definition) is 3. The Morgan fingerprint density at radius 2 is 2.32 bits per heavy atom. The van der Waals surface area contributed by atoms with E-state index in [2.05, 4.69) is 4.98 Å². The van der Waals surface area contributed by atoms with Gasteiger partial charge in [-0.15, -0.1) is 0 Å². The van der Waals surface area contributed by atoms with E-state index >= 15 is 0 Å². The standard InChI is InChI=1S/C14H20N2O3/c1-16(9-8-11-5-2-3-10-19-11)14(18)12-6-4-7-13(17)15-12/h4,6-7,11H,2-3,5,8-10H2,1H3,(H,15,17). The second kappa shape index (κ2) is 6.52. The minimum Gasteiger partial charge on any atom is -0.378 e. The molecule has 2 rings (SSSR count). The fourth-order valence-corrected chi connectivity index (χ4v) is 2.25. The van der Waals surface area contributed by atoms with E-state index in [9.17, 15) is 9.59 Å². The van der Waals surface area contributed by atoms with Crippen molar-refractivity contribution in [1.29, 1.82) is 0 Å². The number of nitrogens with zero attached hydrogens (tertiary/aromatic N) is 1. The van der Waals surface area contributed by atoms with E-state index in [0.29, 0.717) is 12.2 Å². The first-order valence-electron chi connectivity index (χ1n) is 6.73. The maximum absolute atomic E-state index is 12.1. The lowest BCUT2D eigenvalue weighted by Crippen LogP contribution is -2.32. The summed E-state index contributed by atoms with van der Waals surface area (Å²) in [6, 6.07) is 4.61. The van der Waals surface area contributed by atoms with Crippen LogP contribution in [0.4, 0.5) is 0 Å². The molecule has 2 heterocycles. The molecule has 1 amide bonds. The lowest BCUT2D eigenvalue weighted by atomic mass is 10.1. The summed E-state index contributed by atoms with van der Waals surface area (Å²) < 4.78 is 5.64. The Kier molecular flexibility index (Phi) is 4.74. The number of amides is 1. The van der Waals surface area contributed by atoms with Crippen molar-refractivity contribution in [3.63, 3.8) is 0 Å². The molecule has 1 aliphatic heterocycles. The van der Waals surface area contributed by atoms with E-state index < -0.39 is 0 Å². The third-order valence-electron chi connectivity index (χ3n) is 3.41. The van der Waals surface area contributed by atoms with Crippen molar-refractivity contribution in [3.8, 4) is 0 Å². The maximum atomic E-state index is 12.1. The quantitative estimate of drug-likeness (QED) is 0.894. The summed E-state index contributed by atoms with van der Waals surface area (Å²) in [6.45, 7) is 1.47. The van der Waals surface area contributed by atoms with Crippen molar-refractivity contribution in [1.82, 2.24) is 9.88 Å². The Morgan fingerprint density at radius 3 is 3.00 bits per heavy atom. The smallest absolute Gasteiger partial charge is 0.270 e. The van der Waals surface area contributed by atoms with E-state index in [1.54, 1.807) is 24.1 Å². The number of nitrogens with one attached hydrogen (secondary N) is 1. The molecule has 5 nitrogen and oxygen atoms in total. The summed E-state index contributed by atoms with van der Waals surface area (Å²) in [5, 5.41) is 0. The third-order valence-corrected chi connectivity index (χ3v) is 3.41. The number of carbonyl (C=O) groups is 1. The van der Waals surface area contributed by atoms with Crippen LogP contribution in [0.3, 0.4) is 0 Å². The van der Waals surface area contributed by atoms with Crippen molar-refractivity contribution in [2.24, 2.45) is 0 Å². The molecule has 1 atom stereocenters. The molecule has 0 spiro atoms. The number of H-pyrrole nitrogens is 1. The molecule has 0 radical (unpaired) electrons. The van der Waals surface area contributed by atoms with E-state index in [-0.39, 0.29) is 17.6 Å². The molecule has 1 saturated heterocycles. The highest BCUT2D eigenvalue weighted by Gasteiger charge is 2.17. The minimum atomic E-state index is -0.255. The van der Waals surface area contributed by atoms with Crippen molar-refractivity contribution in [2.45, 2.75) is 31.8 Å². The number of ether oxygens (including phenoxy) is 1. The Bertz CT molecular complexity index is 478. The van der Waals surface area contributed by atoms with Crippen LogP contribution >= 0.6 is 0 Å². The van der Waals surface area contributed by atoms with E-state index in [1.807, 2.05) is 0 Å². The molecule has 5 heteroatoms. The van der Waals surface area contributed by atoms with Crippen molar-refractivity contribution in [3.05, 3.63) is 34.2 Å². The number of aromatic nitrogens is 1. The molecule has 1 aromatic heterocycles. The Labute approximate surface area is 112 Å². The minimum absolute atomic E-state index is 0.159. The molecule has 1 N–H and O–H groups in total. The summed E-state index contributed by atoms with van der Waals surface area (Å²) in [4.78, 5) is 27.4. The fourth-order valence-electron chi connectivity index (χ4n) is 2.25. The number of hydrogen-bond donors (Lipinski definition) is 1. The van der Waals surface area contributed by atoms with Gasteiger partial charge in [0.25, 0.3) is 5.91 Å². The largest absolute Gasteiger partial charge is 0.378 e. The van der Waals surface area contributed by atoms with Crippen LogP contribution in [0.5, 0.6) is 0 Å². The summed E-state index contributed by atoms with van der Waals surface area (Å²) in [5.41, 5.74) is 0.0782. The molecule has 1 aliphatic rings. The molecule has 0 bridgehead atoms. The first-order valence-corrected chi connectivity index (χ1v) is 6.73. The fraction of sp³-hybridized carbons (Fsp3) is 0.571. The molecule has 104 valence electrons. The Balaban J connectivity index is 1.86. The van der Waals surface area contributed by atoms with Gasteiger partial charge in [0.2, 0.25) is 5.56 Å². The van der Waals surface area contributed by atoms with Gasteiger partial charge >= 0.3 is 0 Å². The summed E-state index contributed by atoms with van der Waals surface area (Å²) in [7, 11) is 1.75. The monoisotopic (exact) mass is 264 g/mol. The van der Waals surface area contributed by atoms with E-state index in [4.69, 9.17) is 4.74 Å². The SMILES string of the molecule is CN(CCC1CCCCO1)C(=O)c1cccc(=O)[nH]1. The van der Waals surface area contributed by atoms with Crippen LogP contribution < -0.4 is 5.56 Å². The Morgan fingerprint density at radius 1 is 1.47 bits per heavy atom. The first kappa shape index (κ1) is 13.8. The first-order chi connectivity index (χ1) is 9.16. The van der Waals surface area contributed by atoms with Crippen molar-refractivity contribution in [2.75, 3.05) is 20.2 Å². The maximum Gasteiger partial charge on any atom is 0.270 e. The van der Waals surface area contributed by atoms with Gasteiger partial charge in [-0.2, -0.15) is 0 Å². The Hall–Kier alpha value is -1.62. The van der Waals surface area contributed by atoms with Gasteiger partial charge in [-0.05, 0) is 31.7 Å². The topological polar surface area (TPSA) is 62.4 Å². The molecular weight excluding hydrogens is 244 g/mol. The van der Waals surface area contributed by atoms with Crippen LogP contribution in [0.25, 0.3) is 0 Å². The van der Waals surface area contributed by atoms with Crippen LogP contribution in [0.15, 0.2) is 23.0 Å². The zero-order chi connectivity index (χ0) is 13.7. The molecule has 1 unspecified atom stereocenters. The predicted octanol–water partition coefficient (Wildman–Crippen LogP) is 1.41. The molecular formula is C14H20N2O3. The average Bonchev–Trinajstić information content (AvgIpc) is 2.45. The molecule has 1 fully saturated rings. The van der Waals surface area contributed by atoms with Crippen molar-refractivity contribution >= 4 is 5.91 Å². The summed E-state index contributed by atoms with van der Waals surface area (Å²) in [5.74, 6) is -0.159. The van der Waals surface area contributed by atoms with Gasteiger partial charge in [0.15, 0.2) is 0 Å². The van der Waals surface area contributed by atoms with Crippen LogP contribution in [0.1, 0.15) is 36.2 Å². The average molecular weight is 264 g/mol. The number of aromatic amines is 1. The molecule has 0 saturated carbocycles. The van der Waals surface area contributed by atoms with Crippen LogP contribution in [-0.4, -0.2) is 42.1 Å². The van der Waals surface area contributed by atoms with Gasteiger partial charge in [-0.1, -0.05) is 6.07 Å². The number of rotatable bonds is 4. The normalized spacial score (nSPS) is 19.1. The van der Waals surface area contributed by atoms with E-state index in [1.165, 1.54) is 12.5 Å². The molecule has 0 aromatic carbocycles. The highest BCUT2D eigenvalue weighted by Crippen LogP contribution is 2.15. The summed E-state index contributed by atoms with van der Waals surface area (Å²) in [6.07, 6.45) is 4.52.